The molecule has 0 aliphatic carbocycles. The van der Waals surface area contributed by atoms with Crippen molar-refractivity contribution in [2.75, 3.05) is 17.8 Å². The number of sulfonamides is 1. The molecule has 3 heterocycles. The van der Waals surface area contributed by atoms with Crippen LogP contribution in [-0.4, -0.2) is 49.5 Å². The number of allylic oxidation sites excluding steroid dienone is 1. The molecule has 1 fully saturated rings. The lowest BCUT2D eigenvalue weighted by Crippen LogP contribution is -2.29. The number of benzene rings is 2. The third kappa shape index (κ3) is 5.88. The van der Waals surface area contributed by atoms with Crippen LogP contribution < -0.4 is 15.8 Å². The quantitative estimate of drug-likeness (QED) is 0.181. The first-order valence-electron chi connectivity index (χ1n) is 12.9. The predicted molar refractivity (Wildman–Crippen MR) is 154 cm³/mol. The molecule has 0 unspecified atom stereocenters. The van der Waals surface area contributed by atoms with Gasteiger partial charge >= 0.3 is 0 Å². The van der Waals surface area contributed by atoms with Gasteiger partial charge < -0.3 is 16.0 Å². The summed E-state index contributed by atoms with van der Waals surface area (Å²) in [6.07, 6.45) is 7.71. The third-order valence-corrected chi connectivity index (χ3v) is 8.30. The van der Waals surface area contributed by atoms with E-state index in [1.807, 2.05) is 0 Å². The molecule has 0 atom stereocenters. The molecule has 1 saturated heterocycles. The van der Waals surface area contributed by atoms with E-state index in [4.69, 9.17) is 5.73 Å². The van der Waals surface area contributed by atoms with Crippen LogP contribution in [0.25, 0.3) is 16.6 Å². The summed E-state index contributed by atoms with van der Waals surface area (Å²) in [5.74, 6) is -3.45. The van der Waals surface area contributed by atoms with Crippen molar-refractivity contribution in [3.8, 4) is 0 Å². The average Bonchev–Trinajstić information content (AvgIpc) is 3.39. The highest BCUT2D eigenvalue weighted by Gasteiger charge is 2.26. The summed E-state index contributed by atoms with van der Waals surface area (Å²) in [5.41, 5.74) is 6.65. The minimum atomic E-state index is -4.20. The smallest absolute Gasteiger partial charge is 0.261 e. The van der Waals surface area contributed by atoms with Gasteiger partial charge in [-0.25, -0.2) is 22.2 Å². The molecule has 1 aliphatic rings. The van der Waals surface area contributed by atoms with E-state index in [-0.39, 0.29) is 16.5 Å². The molecular formula is C29H28F2N6O3S. The highest BCUT2D eigenvalue weighted by Crippen LogP contribution is 2.29. The molecule has 12 heteroatoms. The van der Waals surface area contributed by atoms with E-state index in [1.54, 1.807) is 37.5 Å². The fraction of sp³-hybridized carbons (Fsp3) is 0.207. The van der Waals surface area contributed by atoms with E-state index in [2.05, 4.69) is 25.0 Å². The second-order valence-electron chi connectivity index (χ2n) is 9.74. The van der Waals surface area contributed by atoms with Crippen molar-refractivity contribution in [3.63, 3.8) is 0 Å². The molecule has 5 N–H and O–H groups in total. The van der Waals surface area contributed by atoms with Crippen LogP contribution in [0, 0.1) is 18.6 Å². The Balaban J connectivity index is 1.47. The lowest BCUT2D eigenvalue weighted by atomic mass is 10.00. The van der Waals surface area contributed by atoms with Gasteiger partial charge in [-0.3, -0.25) is 14.5 Å². The summed E-state index contributed by atoms with van der Waals surface area (Å²) in [7, 11) is -4.20. The number of nitrogens with two attached hydrogens (primary N) is 1. The van der Waals surface area contributed by atoms with Crippen molar-refractivity contribution in [1.82, 2.24) is 15.3 Å². The van der Waals surface area contributed by atoms with Gasteiger partial charge in [0, 0.05) is 46.9 Å². The fourth-order valence-electron chi connectivity index (χ4n) is 4.60. The number of carbonyl (C=O) groups excluding carboxylic acids is 1. The van der Waals surface area contributed by atoms with Crippen molar-refractivity contribution < 1.29 is 22.0 Å². The Kier molecular flexibility index (Phi) is 7.95. The molecule has 41 heavy (non-hydrogen) atoms. The fourth-order valence-corrected chi connectivity index (χ4v) is 5.66. The van der Waals surface area contributed by atoms with Crippen LogP contribution >= 0.6 is 0 Å². The van der Waals surface area contributed by atoms with Crippen LogP contribution in [0.4, 0.5) is 14.5 Å². The normalized spacial score (nSPS) is 15.0. The molecule has 0 radical (unpaired) electrons. The van der Waals surface area contributed by atoms with Crippen molar-refractivity contribution in [1.29, 1.82) is 0 Å². The predicted octanol–water partition coefficient (Wildman–Crippen LogP) is 4.30. The van der Waals surface area contributed by atoms with E-state index in [0.717, 1.165) is 43.6 Å². The maximum atomic E-state index is 15.6. The molecule has 0 saturated carbocycles. The molecule has 0 spiro atoms. The Morgan fingerprint density at radius 1 is 1.15 bits per heavy atom. The number of fused-ring (bicyclic) bond motifs is 1. The minimum absolute atomic E-state index is 0.0441. The lowest BCUT2D eigenvalue weighted by Gasteiger charge is -2.18. The Morgan fingerprint density at radius 2 is 1.88 bits per heavy atom. The number of hydrogen-bond acceptors (Lipinski definition) is 7. The first-order chi connectivity index (χ1) is 19.7. The number of halogens is 2. The SMILES string of the molecule is Cc1ccc(S(=O)(=O)Nc2ccc(F)c(C(=O)c3c[nH]c4ncc(C(C=NC5CCNCC5)=CN)cc34)c2F)cc1. The summed E-state index contributed by atoms with van der Waals surface area (Å²) in [6.45, 7) is 3.56. The number of aliphatic imine (C=N–C) groups is 1. The van der Waals surface area contributed by atoms with Gasteiger partial charge in [-0.15, -0.1) is 0 Å². The zero-order valence-corrected chi connectivity index (χ0v) is 22.9. The third-order valence-electron chi connectivity index (χ3n) is 6.92. The van der Waals surface area contributed by atoms with E-state index >= 15 is 4.39 Å². The summed E-state index contributed by atoms with van der Waals surface area (Å²) >= 11 is 0. The van der Waals surface area contributed by atoms with Crippen molar-refractivity contribution >= 4 is 44.3 Å². The number of aryl methyl sites for hydroxylation is 1. The van der Waals surface area contributed by atoms with Crippen LogP contribution in [0.5, 0.6) is 0 Å². The van der Waals surface area contributed by atoms with E-state index in [0.29, 0.717) is 22.2 Å². The highest BCUT2D eigenvalue weighted by atomic mass is 32.2. The number of ketones is 1. The van der Waals surface area contributed by atoms with Crippen LogP contribution in [-0.2, 0) is 10.0 Å². The zero-order valence-electron chi connectivity index (χ0n) is 22.1. The van der Waals surface area contributed by atoms with Crippen LogP contribution in [0.15, 0.2) is 70.9 Å². The van der Waals surface area contributed by atoms with E-state index < -0.39 is 38.7 Å². The number of aromatic amines is 1. The monoisotopic (exact) mass is 578 g/mol. The maximum absolute atomic E-state index is 15.6. The van der Waals surface area contributed by atoms with Crippen LogP contribution in [0.2, 0.25) is 0 Å². The average molecular weight is 579 g/mol. The molecule has 212 valence electrons. The topological polar surface area (TPSA) is 142 Å². The molecule has 5 rings (SSSR count). The van der Waals surface area contributed by atoms with Gasteiger partial charge in [-0.05, 0) is 63.2 Å². The van der Waals surface area contributed by atoms with E-state index in [9.17, 15) is 17.6 Å². The van der Waals surface area contributed by atoms with Gasteiger partial charge in [0.25, 0.3) is 10.0 Å². The largest absolute Gasteiger partial charge is 0.404 e. The Labute approximate surface area is 235 Å². The summed E-state index contributed by atoms with van der Waals surface area (Å²) in [6, 6.07) is 9.48. The lowest BCUT2D eigenvalue weighted by molar-refractivity contribution is 0.103. The number of pyridine rings is 1. The van der Waals surface area contributed by atoms with Gasteiger partial charge in [-0.2, -0.15) is 0 Å². The first kappa shape index (κ1) is 28.1. The Hall–Kier alpha value is -4.42. The Morgan fingerprint density at radius 3 is 2.59 bits per heavy atom. The first-order valence-corrected chi connectivity index (χ1v) is 14.4. The van der Waals surface area contributed by atoms with Crippen molar-refractivity contribution in [3.05, 3.63) is 94.9 Å². The minimum Gasteiger partial charge on any atom is -0.404 e. The number of rotatable bonds is 8. The van der Waals surface area contributed by atoms with Gasteiger partial charge in [0.2, 0.25) is 5.78 Å². The van der Waals surface area contributed by atoms with Crippen LogP contribution in [0.3, 0.4) is 0 Å². The molecule has 9 nitrogen and oxygen atoms in total. The molecule has 0 amide bonds. The standard InChI is InChI=1S/C29H28F2N6O3S/c1-17-2-4-21(5-3-17)41(39,40)37-25-7-6-24(30)26(27(25)31)28(38)23-16-36-29-22(23)12-18(14-35-29)19(13-32)15-34-20-8-10-33-11-9-20/h2-7,12-16,20,33,37H,8-11,32H2,1H3,(H,35,36). The molecule has 1 aliphatic heterocycles. The highest BCUT2D eigenvalue weighted by molar-refractivity contribution is 7.92. The number of piperidine rings is 1. The number of carbonyl (C=O) groups is 1. The second kappa shape index (κ2) is 11.6. The van der Waals surface area contributed by atoms with Crippen molar-refractivity contribution in [2.45, 2.75) is 30.7 Å². The number of hydrogen-bond donors (Lipinski definition) is 4. The summed E-state index contributed by atoms with van der Waals surface area (Å²) in [5, 5.41) is 3.59. The second-order valence-corrected chi connectivity index (χ2v) is 11.4. The molecular weight excluding hydrogens is 550 g/mol. The van der Waals surface area contributed by atoms with Gasteiger partial charge in [0.05, 0.1) is 22.2 Å². The van der Waals surface area contributed by atoms with Crippen molar-refractivity contribution in [2.24, 2.45) is 10.7 Å². The molecule has 0 bridgehead atoms. The van der Waals surface area contributed by atoms with Crippen LogP contribution in [0.1, 0.15) is 39.9 Å². The molecule has 2 aromatic carbocycles. The molecule has 4 aromatic rings. The maximum Gasteiger partial charge on any atom is 0.261 e. The number of nitrogens with zero attached hydrogens (tertiary/aromatic N) is 2. The molecule has 2 aromatic heterocycles. The Bertz CT molecular complexity index is 1780. The zero-order chi connectivity index (χ0) is 29.1. The van der Waals surface area contributed by atoms with E-state index in [1.165, 1.54) is 24.5 Å². The van der Waals surface area contributed by atoms with Gasteiger partial charge in [-0.1, -0.05) is 17.7 Å². The summed E-state index contributed by atoms with van der Waals surface area (Å²) in [4.78, 5) is 25.2. The number of nitrogens with one attached hydrogen (secondary N) is 3. The number of aromatic nitrogens is 2. The summed E-state index contributed by atoms with van der Waals surface area (Å²) < 4.78 is 58.2. The number of anilines is 1. The van der Waals surface area contributed by atoms with Gasteiger partial charge in [0.1, 0.15) is 11.5 Å². The number of H-pyrrole nitrogens is 1. The van der Waals surface area contributed by atoms with Gasteiger partial charge in [0.15, 0.2) is 5.82 Å².